The molecule has 6 nitrogen and oxygen atoms in total. The normalized spacial score (nSPS) is 10.1. The van der Waals surface area contributed by atoms with E-state index in [0.717, 1.165) is 4.90 Å². The van der Waals surface area contributed by atoms with Gasteiger partial charge in [-0.3, -0.25) is 9.59 Å². The minimum absolute atomic E-state index is 0.163. The Hall–Kier alpha value is -1.85. The Balaban J connectivity index is 2.85. The number of nitrogens with zero attached hydrogens (tertiary/aromatic N) is 2. The second-order valence-electron chi connectivity index (χ2n) is 3.27. The van der Waals surface area contributed by atoms with Crippen LogP contribution in [-0.2, 0) is 4.79 Å². The third kappa shape index (κ3) is 2.34. The van der Waals surface area contributed by atoms with Crippen LogP contribution in [0.1, 0.15) is 21.8 Å². The summed E-state index contributed by atoms with van der Waals surface area (Å²) in [5.41, 5.74) is 0.800. The number of carboxylic acid groups (broad SMARTS) is 1. The van der Waals surface area contributed by atoms with Crippen LogP contribution in [0.25, 0.3) is 0 Å². The Bertz CT molecular complexity index is 397. The van der Waals surface area contributed by atoms with Crippen molar-refractivity contribution in [3.05, 3.63) is 17.0 Å². The van der Waals surface area contributed by atoms with Gasteiger partial charge in [0.05, 0.1) is 0 Å². The van der Waals surface area contributed by atoms with Gasteiger partial charge in [0, 0.05) is 12.6 Å². The van der Waals surface area contributed by atoms with E-state index in [0.29, 0.717) is 11.3 Å². The average molecular weight is 212 g/mol. The SMILES string of the molecule is Cc1onc(C(=O)N(C)CC(=O)O)c1C. The molecule has 0 aliphatic carbocycles. The second-order valence-corrected chi connectivity index (χ2v) is 3.27. The lowest BCUT2D eigenvalue weighted by atomic mass is 10.2. The molecule has 0 unspecified atom stereocenters. The first-order valence-corrected chi connectivity index (χ1v) is 4.33. The zero-order valence-electron chi connectivity index (χ0n) is 8.77. The van der Waals surface area contributed by atoms with Crippen LogP contribution in [0.15, 0.2) is 4.52 Å². The summed E-state index contributed by atoms with van der Waals surface area (Å²) in [6.07, 6.45) is 0. The van der Waals surface area contributed by atoms with Crippen molar-refractivity contribution in [2.75, 3.05) is 13.6 Å². The molecule has 1 N–H and O–H groups in total. The van der Waals surface area contributed by atoms with Gasteiger partial charge >= 0.3 is 5.97 Å². The molecule has 15 heavy (non-hydrogen) atoms. The zero-order chi connectivity index (χ0) is 11.6. The summed E-state index contributed by atoms with van der Waals surface area (Å²) in [5.74, 6) is -0.961. The van der Waals surface area contributed by atoms with Gasteiger partial charge in [-0.05, 0) is 13.8 Å². The van der Waals surface area contributed by atoms with Crippen molar-refractivity contribution in [1.82, 2.24) is 10.1 Å². The van der Waals surface area contributed by atoms with Crippen LogP contribution in [0.4, 0.5) is 0 Å². The Morgan fingerprint density at radius 2 is 2.07 bits per heavy atom. The van der Waals surface area contributed by atoms with Gasteiger partial charge in [0.25, 0.3) is 5.91 Å². The monoisotopic (exact) mass is 212 g/mol. The smallest absolute Gasteiger partial charge is 0.323 e. The fourth-order valence-corrected chi connectivity index (χ4v) is 1.07. The first kappa shape index (κ1) is 11.2. The zero-order valence-corrected chi connectivity index (χ0v) is 8.77. The topological polar surface area (TPSA) is 83.6 Å². The molecule has 0 atom stereocenters. The van der Waals surface area contributed by atoms with E-state index in [1.165, 1.54) is 7.05 Å². The number of amides is 1. The van der Waals surface area contributed by atoms with Crippen molar-refractivity contribution in [1.29, 1.82) is 0 Å². The van der Waals surface area contributed by atoms with E-state index in [2.05, 4.69) is 5.16 Å². The summed E-state index contributed by atoms with van der Waals surface area (Å²) in [6.45, 7) is 3.04. The Labute approximate surface area is 86.5 Å². The number of hydrogen-bond acceptors (Lipinski definition) is 4. The quantitative estimate of drug-likeness (QED) is 0.786. The highest BCUT2D eigenvalue weighted by Gasteiger charge is 2.21. The van der Waals surface area contributed by atoms with Crippen molar-refractivity contribution in [3.63, 3.8) is 0 Å². The van der Waals surface area contributed by atoms with Crippen LogP contribution < -0.4 is 0 Å². The van der Waals surface area contributed by atoms with E-state index in [9.17, 15) is 9.59 Å². The maximum absolute atomic E-state index is 11.7. The van der Waals surface area contributed by atoms with Gasteiger partial charge in [0.2, 0.25) is 0 Å². The molecule has 0 aliphatic rings. The molecule has 1 aromatic heterocycles. The molecule has 0 spiro atoms. The van der Waals surface area contributed by atoms with Crippen LogP contribution in [0.2, 0.25) is 0 Å². The summed E-state index contributed by atoms with van der Waals surface area (Å²) in [5, 5.41) is 12.1. The predicted octanol–water partition coefficient (Wildman–Crippen LogP) is 0.448. The molecule has 0 saturated carbocycles. The number of likely N-dealkylation sites (N-methyl/N-ethyl adjacent to an activating group) is 1. The lowest BCUT2D eigenvalue weighted by Gasteiger charge is -2.12. The van der Waals surface area contributed by atoms with Crippen LogP contribution in [-0.4, -0.2) is 40.6 Å². The lowest BCUT2D eigenvalue weighted by Crippen LogP contribution is -2.32. The maximum Gasteiger partial charge on any atom is 0.323 e. The summed E-state index contributed by atoms with van der Waals surface area (Å²) in [4.78, 5) is 23.1. The average Bonchev–Trinajstić information content (AvgIpc) is 2.45. The van der Waals surface area contributed by atoms with E-state index >= 15 is 0 Å². The highest BCUT2D eigenvalue weighted by molar-refractivity contribution is 5.95. The number of aryl methyl sites for hydroxylation is 1. The van der Waals surface area contributed by atoms with Gasteiger partial charge < -0.3 is 14.5 Å². The number of carbonyl (C=O) groups excluding carboxylic acids is 1. The molecule has 1 rings (SSSR count). The van der Waals surface area contributed by atoms with Gasteiger partial charge in [0.15, 0.2) is 5.69 Å². The standard InChI is InChI=1S/C9H12N2O4/c1-5-6(2)15-10-8(5)9(14)11(3)4-7(12)13/h4H2,1-3H3,(H,12,13). The van der Waals surface area contributed by atoms with Crippen LogP contribution in [0.3, 0.4) is 0 Å². The first-order chi connectivity index (χ1) is 6.93. The third-order valence-electron chi connectivity index (χ3n) is 2.08. The van der Waals surface area contributed by atoms with Gasteiger partial charge in [0.1, 0.15) is 12.3 Å². The van der Waals surface area contributed by atoms with Gasteiger partial charge in [-0.2, -0.15) is 0 Å². The third-order valence-corrected chi connectivity index (χ3v) is 2.08. The first-order valence-electron chi connectivity index (χ1n) is 4.33. The van der Waals surface area contributed by atoms with Gasteiger partial charge in [-0.25, -0.2) is 0 Å². The molecule has 0 bridgehead atoms. The van der Waals surface area contributed by atoms with E-state index in [1.54, 1.807) is 13.8 Å². The fourth-order valence-electron chi connectivity index (χ4n) is 1.07. The van der Waals surface area contributed by atoms with Crippen molar-refractivity contribution < 1.29 is 19.2 Å². The predicted molar refractivity (Wildman–Crippen MR) is 50.6 cm³/mol. The highest BCUT2D eigenvalue weighted by Crippen LogP contribution is 2.12. The van der Waals surface area contributed by atoms with Crippen molar-refractivity contribution in [3.8, 4) is 0 Å². The molecule has 0 aromatic carbocycles. The largest absolute Gasteiger partial charge is 0.480 e. The van der Waals surface area contributed by atoms with Crippen molar-refractivity contribution >= 4 is 11.9 Å². The number of carbonyl (C=O) groups is 2. The molecule has 0 aliphatic heterocycles. The summed E-state index contributed by atoms with van der Waals surface area (Å²) >= 11 is 0. The minimum atomic E-state index is -1.07. The summed E-state index contributed by atoms with van der Waals surface area (Å²) in [6, 6.07) is 0. The molecule has 1 amide bonds. The summed E-state index contributed by atoms with van der Waals surface area (Å²) in [7, 11) is 1.40. The molecule has 1 aromatic rings. The lowest BCUT2D eigenvalue weighted by molar-refractivity contribution is -0.137. The molecule has 0 radical (unpaired) electrons. The highest BCUT2D eigenvalue weighted by atomic mass is 16.5. The molecule has 0 fully saturated rings. The molecule has 6 heteroatoms. The Kier molecular flexibility index (Phi) is 3.08. The second kappa shape index (κ2) is 4.12. The van der Waals surface area contributed by atoms with E-state index in [1.807, 2.05) is 0 Å². The number of rotatable bonds is 3. The number of carboxylic acids is 1. The molecule has 82 valence electrons. The molecule has 1 heterocycles. The van der Waals surface area contributed by atoms with E-state index in [4.69, 9.17) is 9.63 Å². The Morgan fingerprint density at radius 1 is 1.47 bits per heavy atom. The minimum Gasteiger partial charge on any atom is -0.480 e. The van der Waals surface area contributed by atoms with E-state index in [-0.39, 0.29) is 12.2 Å². The van der Waals surface area contributed by atoms with Gasteiger partial charge in [-0.1, -0.05) is 5.16 Å². The number of hydrogen-bond donors (Lipinski definition) is 1. The number of aliphatic carboxylic acids is 1. The van der Waals surface area contributed by atoms with Crippen molar-refractivity contribution in [2.24, 2.45) is 0 Å². The van der Waals surface area contributed by atoms with Crippen LogP contribution in [0.5, 0.6) is 0 Å². The van der Waals surface area contributed by atoms with E-state index < -0.39 is 11.9 Å². The molecular formula is C9H12N2O4. The summed E-state index contributed by atoms with van der Waals surface area (Å²) < 4.78 is 4.83. The fraction of sp³-hybridized carbons (Fsp3) is 0.444. The van der Waals surface area contributed by atoms with Gasteiger partial charge in [-0.15, -0.1) is 0 Å². The number of aromatic nitrogens is 1. The van der Waals surface area contributed by atoms with Crippen LogP contribution in [0, 0.1) is 13.8 Å². The molecular weight excluding hydrogens is 200 g/mol. The maximum atomic E-state index is 11.7. The van der Waals surface area contributed by atoms with Crippen molar-refractivity contribution in [2.45, 2.75) is 13.8 Å². The molecule has 0 saturated heterocycles. The van der Waals surface area contributed by atoms with Crippen LogP contribution >= 0.6 is 0 Å². The Morgan fingerprint density at radius 3 is 2.47 bits per heavy atom.